The van der Waals surface area contributed by atoms with Crippen molar-refractivity contribution >= 4 is 0 Å². The van der Waals surface area contributed by atoms with E-state index in [0.717, 1.165) is 25.1 Å². The largest absolute Gasteiger partial charge is 0.271 e. The van der Waals surface area contributed by atoms with Crippen LogP contribution in [0.1, 0.15) is 43.3 Å². The first-order valence-corrected chi connectivity index (χ1v) is 7.50. The van der Waals surface area contributed by atoms with Crippen LogP contribution in [-0.4, -0.2) is 20.8 Å². The maximum absolute atomic E-state index is 5.70. The van der Waals surface area contributed by atoms with Crippen molar-refractivity contribution in [2.45, 2.75) is 52.1 Å². The SMILES string of the molecule is Cc1ccc(CCC(Cc2ncnn2C(C)C)NN)cc1. The van der Waals surface area contributed by atoms with Crippen molar-refractivity contribution < 1.29 is 0 Å². The topological polar surface area (TPSA) is 68.8 Å². The molecule has 1 atom stereocenters. The minimum atomic E-state index is 0.202. The summed E-state index contributed by atoms with van der Waals surface area (Å²) < 4.78 is 1.95. The molecule has 1 unspecified atom stereocenters. The Kier molecular flexibility index (Phi) is 5.47. The predicted octanol–water partition coefficient (Wildman–Crippen LogP) is 2.17. The maximum Gasteiger partial charge on any atom is 0.138 e. The first-order chi connectivity index (χ1) is 10.1. The van der Waals surface area contributed by atoms with Crippen LogP contribution in [0.3, 0.4) is 0 Å². The normalized spacial score (nSPS) is 12.8. The number of nitrogens with two attached hydrogens (primary N) is 1. The fourth-order valence-electron chi connectivity index (χ4n) is 2.41. The van der Waals surface area contributed by atoms with Crippen LogP contribution in [-0.2, 0) is 12.8 Å². The highest BCUT2D eigenvalue weighted by Crippen LogP contribution is 2.12. The Morgan fingerprint density at radius 2 is 1.95 bits per heavy atom. The molecule has 2 rings (SSSR count). The van der Waals surface area contributed by atoms with Crippen molar-refractivity contribution in [1.29, 1.82) is 0 Å². The van der Waals surface area contributed by atoms with Gasteiger partial charge in [-0.2, -0.15) is 5.10 Å². The highest BCUT2D eigenvalue weighted by atomic mass is 15.3. The number of nitrogens with zero attached hydrogens (tertiary/aromatic N) is 3. The zero-order valence-electron chi connectivity index (χ0n) is 13.1. The maximum atomic E-state index is 5.70. The number of aromatic nitrogens is 3. The molecule has 0 bridgehead atoms. The van der Waals surface area contributed by atoms with Crippen LogP contribution >= 0.6 is 0 Å². The second kappa shape index (κ2) is 7.33. The number of hydrazine groups is 1. The van der Waals surface area contributed by atoms with Gasteiger partial charge in [0.1, 0.15) is 12.2 Å². The number of nitrogens with one attached hydrogen (secondary N) is 1. The van der Waals surface area contributed by atoms with E-state index in [1.165, 1.54) is 11.1 Å². The lowest BCUT2D eigenvalue weighted by atomic mass is 10.0. The number of benzene rings is 1. The van der Waals surface area contributed by atoms with Gasteiger partial charge in [0.15, 0.2) is 0 Å². The van der Waals surface area contributed by atoms with Crippen molar-refractivity contribution in [3.8, 4) is 0 Å². The minimum absolute atomic E-state index is 0.202. The van der Waals surface area contributed by atoms with E-state index >= 15 is 0 Å². The van der Waals surface area contributed by atoms with Crippen molar-refractivity contribution in [3.05, 3.63) is 47.5 Å². The van der Waals surface area contributed by atoms with E-state index in [-0.39, 0.29) is 6.04 Å². The van der Waals surface area contributed by atoms with Gasteiger partial charge in [0.05, 0.1) is 0 Å². The van der Waals surface area contributed by atoms with Gasteiger partial charge in [0, 0.05) is 18.5 Å². The van der Waals surface area contributed by atoms with Crippen LogP contribution in [0.4, 0.5) is 0 Å². The Morgan fingerprint density at radius 3 is 2.57 bits per heavy atom. The fraction of sp³-hybridized carbons (Fsp3) is 0.500. The molecular formula is C16H25N5. The fourth-order valence-corrected chi connectivity index (χ4v) is 2.41. The summed E-state index contributed by atoms with van der Waals surface area (Å²) in [7, 11) is 0. The van der Waals surface area contributed by atoms with Crippen LogP contribution in [0.2, 0.25) is 0 Å². The molecule has 2 aromatic rings. The molecule has 1 aromatic carbocycles. The molecule has 0 radical (unpaired) electrons. The summed E-state index contributed by atoms with van der Waals surface area (Å²) >= 11 is 0. The molecule has 0 aliphatic rings. The van der Waals surface area contributed by atoms with Gasteiger partial charge in [-0.15, -0.1) is 0 Å². The number of aryl methyl sites for hydroxylation is 2. The molecule has 0 aliphatic carbocycles. The quantitative estimate of drug-likeness (QED) is 0.605. The van der Waals surface area contributed by atoms with E-state index < -0.39 is 0 Å². The van der Waals surface area contributed by atoms with E-state index in [9.17, 15) is 0 Å². The Morgan fingerprint density at radius 1 is 1.24 bits per heavy atom. The first kappa shape index (κ1) is 15.7. The third-order valence-electron chi connectivity index (χ3n) is 3.70. The average molecular weight is 287 g/mol. The lowest BCUT2D eigenvalue weighted by Gasteiger charge is -2.17. The Hall–Kier alpha value is -1.72. The number of hydrogen-bond acceptors (Lipinski definition) is 4. The third-order valence-corrected chi connectivity index (χ3v) is 3.70. The second-order valence-electron chi connectivity index (χ2n) is 5.81. The first-order valence-electron chi connectivity index (χ1n) is 7.50. The van der Waals surface area contributed by atoms with Gasteiger partial charge in [-0.25, -0.2) is 9.67 Å². The highest BCUT2D eigenvalue weighted by Gasteiger charge is 2.14. The molecule has 1 heterocycles. The van der Waals surface area contributed by atoms with Crippen LogP contribution < -0.4 is 11.3 Å². The van der Waals surface area contributed by atoms with Gasteiger partial charge >= 0.3 is 0 Å². The molecule has 0 spiro atoms. The summed E-state index contributed by atoms with van der Waals surface area (Å²) in [6, 6.07) is 9.18. The van der Waals surface area contributed by atoms with Crippen molar-refractivity contribution in [2.24, 2.45) is 5.84 Å². The van der Waals surface area contributed by atoms with Crippen LogP contribution in [0.15, 0.2) is 30.6 Å². The van der Waals surface area contributed by atoms with Crippen LogP contribution in [0, 0.1) is 6.92 Å². The van der Waals surface area contributed by atoms with Gasteiger partial charge in [-0.3, -0.25) is 11.3 Å². The summed E-state index contributed by atoms with van der Waals surface area (Å²) in [5, 5.41) is 4.27. The standard InChI is InChI=1S/C16H25N5/c1-12(2)21-16(18-11-19-21)10-15(20-17)9-8-14-6-4-13(3)5-7-14/h4-7,11-12,15,20H,8-10,17H2,1-3H3. The summed E-state index contributed by atoms with van der Waals surface area (Å²) in [4.78, 5) is 4.35. The van der Waals surface area contributed by atoms with E-state index in [4.69, 9.17) is 5.84 Å². The van der Waals surface area contributed by atoms with Crippen molar-refractivity contribution in [2.75, 3.05) is 0 Å². The molecule has 0 fully saturated rings. The third kappa shape index (κ3) is 4.37. The number of hydrogen-bond donors (Lipinski definition) is 2. The Bertz CT molecular complexity index is 544. The second-order valence-corrected chi connectivity index (χ2v) is 5.81. The van der Waals surface area contributed by atoms with Crippen molar-refractivity contribution in [1.82, 2.24) is 20.2 Å². The van der Waals surface area contributed by atoms with Gasteiger partial charge in [-0.1, -0.05) is 29.8 Å². The molecule has 3 N–H and O–H groups in total. The summed E-state index contributed by atoms with van der Waals surface area (Å²) in [5.74, 6) is 6.68. The highest BCUT2D eigenvalue weighted by molar-refractivity contribution is 5.21. The van der Waals surface area contributed by atoms with E-state index in [2.05, 4.69) is 60.5 Å². The van der Waals surface area contributed by atoms with Gasteiger partial charge in [0.25, 0.3) is 0 Å². The summed E-state index contributed by atoms with van der Waals surface area (Å²) in [6.07, 6.45) is 4.39. The molecule has 5 nitrogen and oxygen atoms in total. The van der Waals surface area contributed by atoms with Crippen LogP contribution in [0.5, 0.6) is 0 Å². The van der Waals surface area contributed by atoms with Gasteiger partial charge < -0.3 is 0 Å². The predicted molar refractivity (Wildman–Crippen MR) is 84.7 cm³/mol. The molecule has 21 heavy (non-hydrogen) atoms. The van der Waals surface area contributed by atoms with E-state index in [0.29, 0.717) is 6.04 Å². The molecule has 0 saturated carbocycles. The molecular weight excluding hydrogens is 262 g/mol. The number of rotatable bonds is 7. The van der Waals surface area contributed by atoms with Gasteiger partial charge in [0.2, 0.25) is 0 Å². The molecule has 114 valence electrons. The zero-order valence-corrected chi connectivity index (χ0v) is 13.1. The van der Waals surface area contributed by atoms with Crippen LogP contribution in [0.25, 0.3) is 0 Å². The minimum Gasteiger partial charge on any atom is -0.271 e. The lowest BCUT2D eigenvalue weighted by Crippen LogP contribution is -2.38. The summed E-state index contributed by atoms with van der Waals surface area (Å²) in [5.41, 5.74) is 5.54. The Labute approximate surface area is 126 Å². The zero-order chi connectivity index (χ0) is 15.2. The van der Waals surface area contributed by atoms with E-state index in [1.54, 1.807) is 6.33 Å². The molecule has 0 amide bonds. The average Bonchev–Trinajstić information content (AvgIpc) is 2.93. The molecule has 5 heteroatoms. The van der Waals surface area contributed by atoms with E-state index in [1.807, 2.05) is 4.68 Å². The lowest BCUT2D eigenvalue weighted by molar-refractivity contribution is 0.444. The Balaban J connectivity index is 1.94. The smallest absolute Gasteiger partial charge is 0.138 e. The van der Waals surface area contributed by atoms with Gasteiger partial charge in [-0.05, 0) is 39.2 Å². The molecule has 1 aromatic heterocycles. The molecule has 0 aliphatic heterocycles. The molecule has 0 saturated heterocycles. The monoisotopic (exact) mass is 287 g/mol. The van der Waals surface area contributed by atoms with Crippen molar-refractivity contribution in [3.63, 3.8) is 0 Å². The summed E-state index contributed by atoms with van der Waals surface area (Å²) in [6.45, 7) is 6.32.